The third-order valence-corrected chi connectivity index (χ3v) is 3.78. The summed E-state index contributed by atoms with van der Waals surface area (Å²) in [6.45, 7) is 5.62. The van der Waals surface area contributed by atoms with Crippen LogP contribution in [0.2, 0.25) is 5.02 Å². The summed E-state index contributed by atoms with van der Waals surface area (Å²) >= 11 is 6.15. The van der Waals surface area contributed by atoms with Gasteiger partial charge in [-0.25, -0.2) is 4.98 Å². The highest BCUT2D eigenvalue weighted by Gasteiger charge is 2.19. The molecule has 1 N–H and O–H groups in total. The van der Waals surface area contributed by atoms with Crippen molar-refractivity contribution in [1.29, 1.82) is 0 Å². The van der Waals surface area contributed by atoms with E-state index in [2.05, 4.69) is 28.2 Å². The van der Waals surface area contributed by atoms with Crippen molar-refractivity contribution < 1.29 is 4.74 Å². The van der Waals surface area contributed by atoms with Gasteiger partial charge in [0.05, 0.1) is 11.1 Å². The van der Waals surface area contributed by atoms with Gasteiger partial charge in [-0.3, -0.25) is 0 Å². The molecule has 1 unspecified atom stereocenters. The molecule has 0 aromatic carbocycles. The zero-order chi connectivity index (χ0) is 13.7. The van der Waals surface area contributed by atoms with Crippen LogP contribution in [0.1, 0.15) is 25.3 Å². The van der Waals surface area contributed by atoms with Crippen molar-refractivity contribution >= 4 is 17.4 Å². The molecular formula is C14H22ClN3O. The number of halogens is 1. The van der Waals surface area contributed by atoms with Crippen LogP contribution >= 0.6 is 11.6 Å². The molecule has 2 heterocycles. The molecule has 0 bridgehead atoms. The van der Waals surface area contributed by atoms with E-state index in [9.17, 15) is 0 Å². The fraction of sp³-hybridized carbons (Fsp3) is 0.643. The summed E-state index contributed by atoms with van der Waals surface area (Å²) < 4.78 is 5.70. The predicted molar refractivity (Wildman–Crippen MR) is 78.9 cm³/mol. The summed E-state index contributed by atoms with van der Waals surface area (Å²) in [5.74, 6) is 0.979. The summed E-state index contributed by atoms with van der Waals surface area (Å²) in [5.41, 5.74) is 1.08. The first-order valence-electron chi connectivity index (χ1n) is 6.90. The second-order valence-corrected chi connectivity index (χ2v) is 5.25. The normalized spacial score (nSPS) is 18.8. The lowest BCUT2D eigenvalue weighted by molar-refractivity contribution is 0.115. The number of nitrogens with one attached hydrogen (secondary N) is 1. The van der Waals surface area contributed by atoms with Gasteiger partial charge in [-0.05, 0) is 38.4 Å². The van der Waals surface area contributed by atoms with Crippen molar-refractivity contribution in [2.24, 2.45) is 0 Å². The maximum absolute atomic E-state index is 6.15. The number of ether oxygens (including phenoxy) is 1. The quantitative estimate of drug-likeness (QED) is 0.870. The highest BCUT2D eigenvalue weighted by atomic mass is 35.5. The highest BCUT2D eigenvalue weighted by molar-refractivity contribution is 6.31. The predicted octanol–water partition coefficient (Wildman–Crippen LogP) is 2.46. The van der Waals surface area contributed by atoms with Gasteiger partial charge in [0.2, 0.25) is 0 Å². The van der Waals surface area contributed by atoms with Gasteiger partial charge >= 0.3 is 0 Å². The molecule has 1 atom stereocenters. The lowest BCUT2D eigenvalue weighted by Crippen LogP contribution is -2.32. The third-order valence-electron chi connectivity index (χ3n) is 3.44. The molecule has 1 aromatic rings. The van der Waals surface area contributed by atoms with Gasteiger partial charge in [-0.1, -0.05) is 11.6 Å². The van der Waals surface area contributed by atoms with E-state index in [1.54, 1.807) is 6.20 Å². The van der Waals surface area contributed by atoms with Crippen LogP contribution in [0.4, 0.5) is 5.82 Å². The number of anilines is 1. The average Bonchev–Trinajstić information content (AvgIpc) is 2.92. The Hall–Kier alpha value is -0.840. The Morgan fingerprint density at radius 1 is 1.58 bits per heavy atom. The molecular weight excluding hydrogens is 262 g/mol. The molecule has 106 valence electrons. The Morgan fingerprint density at radius 3 is 3.05 bits per heavy atom. The van der Waals surface area contributed by atoms with Gasteiger partial charge < -0.3 is 15.0 Å². The van der Waals surface area contributed by atoms with Crippen molar-refractivity contribution in [3.05, 3.63) is 22.8 Å². The third kappa shape index (κ3) is 3.81. The number of rotatable bonds is 6. The van der Waals surface area contributed by atoms with Crippen LogP contribution in [-0.2, 0) is 11.3 Å². The molecule has 4 nitrogen and oxygen atoms in total. The second-order valence-electron chi connectivity index (χ2n) is 4.84. The Labute approximate surface area is 120 Å². The summed E-state index contributed by atoms with van der Waals surface area (Å²) in [4.78, 5) is 6.70. The van der Waals surface area contributed by atoms with Crippen LogP contribution in [0, 0.1) is 0 Å². The molecule has 1 aliphatic heterocycles. The molecule has 2 rings (SSSR count). The van der Waals surface area contributed by atoms with Gasteiger partial charge in [-0.15, -0.1) is 0 Å². The lowest BCUT2D eigenvalue weighted by atomic mass is 10.2. The molecule has 1 aliphatic rings. The lowest BCUT2D eigenvalue weighted by Gasteiger charge is -2.25. The van der Waals surface area contributed by atoms with Gasteiger partial charge in [0.1, 0.15) is 5.82 Å². The largest absolute Gasteiger partial charge is 0.376 e. The second kappa shape index (κ2) is 7.08. The molecule has 0 radical (unpaired) electrons. The molecule has 0 aliphatic carbocycles. The van der Waals surface area contributed by atoms with E-state index in [1.165, 1.54) is 6.42 Å². The minimum atomic E-state index is 0.338. The number of pyridine rings is 1. The summed E-state index contributed by atoms with van der Waals surface area (Å²) in [5, 5.41) is 3.84. The molecule has 0 spiro atoms. The van der Waals surface area contributed by atoms with E-state index < -0.39 is 0 Å². The zero-order valence-electron chi connectivity index (χ0n) is 11.7. The molecule has 0 amide bonds. The number of aromatic nitrogens is 1. The van der Waals surface area contributed by atoms with Crippen LogP contribution in [0.25, 0.3) is 0 Å². The van der Waals surface area contributed by atoms with Crippen molar-refractivity contribution in [3.8, 4) is 0 Å². The van der Waals surface area contributed by atoms with Crippen LogP contribution in [0.3, 0.4) is 0 Å². The molecule has 5 heteroatoms. The Morgan fingerprint density at radius 2 is 2.42 bits per heavy atom. The van der Waals surface area contributed by atoms with Crippen LogP contribution in [0.5, 0.6) is 0 Å². The number of likely N-dealkylation sites (N-methyl/N-ethyl adjacent to an activating group) is 1. The Balaban J connectivity index is 2.10. The van der Waals surface area contributed by atoms with E-state index in [0.29, 0.717) is 11.1 Å². The van der Waals surface area contributed by atoms with Crippen LogP contribution in [-0.4, -0.2) is 37.8 Å². The maximum Gasteiger partial charge on any atom is 0.128 e. The minimum Gasteiger partial charge on any atom is -0.376 e. The van der Waals surface area contributed by atoms with Crippen LogP contribution < -0.4 is 10.2 Å². The smallest absolute Gasteiger partial charge is 0.128 e. The van der Waals surface area contributed by atoms with Gasteiger partial charge in [0.25, 0.3) is 0 Å². The standard InChI is InChI=1S/C14H22ClN3O/c1-3-18(10-12-5-4-6-19-12)14-7-11(8-16-2)13(15)9-17-14/h7,9,12,16H,3-6,8,10H2,1-2H3. The van der Waals surface area contributed by atoms with E-state index in [4.69, 9.17) is 16.3 Å². The van der Waals surface area contributed by atoms with Crippen molar-refractivity contribution in [2.45, 2.75) is 32.4 Å². The van der Waals surface area contributed by atoms with E-state index >= 15 is 0 Å². The minimum absolute atomic E-state index is 0.338. The van der Waals surface area contributed by atoms with Crippen molar-refractivity contribution in [3.63, 3.8) is 0 Å². The Kier molecular flexibility index (Phi) is 5.43. The molecule has 1 saturated heterocycles. The molecule has 1 fully saturated rings. The number of hydrogen-bond acceptors (Lipinski definition) is 4. The fourth-order valence-electron chi connectivity index (χ4n) is 2.39. The molecule has 0 saturated carbocycles. The van der Waals surface area contributed by atoms with Crippen molar-refractivity contribution in [2.75, 3.05) is 31.6 Å². The fourth-order valence-corrected chi connectivity index (χ4v) is 2.56. The average molecular weight is 284 g/mol. The number of nitrogens with zero attached hydrogens (tertiary/aromatic N) is 2. The molecule has 19 heavy (non-hydrogen) atoms. The summed E-state index contributed by atoms with van der Waals surface area (Å²) in [6.07, 6.45) is 4.39. The van der Waals surface area contributed by atoms with Gasteiger partial charge in [-0.2, -0.15) is 0 Å². The monoisotopic (exact) mass is 283 g/mol. The Bertz CT molecular complexity index is 408. The first kappa shape index (κ1) is 14.6. The summed E-state index contributed by atoms with van der Waals surface area (Å²) in [6, 6.07) is 2.07. The van der Waals surface area contributed by atoms with E-state index in [1.807, 2.05) is 7.05 Å². The van der Waals surface area contributed by atoms with Crippen molar-refractivity contribution in [1.82, 2.24) is 10.3 Å². The zero-order valence-corrected chi connectivity index (χ0v) is 12.4. The first-order valence-corrected chi connectivity index (χ1v) is 7.28. The highest BCUT2D eigenvalue weighted by Crippen LogP contribution is 2.22. The van der Waals surface area contributed by atoms with E-state index in [-0.39, 0.29) is 0 Å². The summed E-state index contributed by atoms with van der Waals surface area (Å²) in [7, 11) is 1.92. The number of hydrogen-bond donors (Lipinski definition) is 1. The van der Waals surface area contributed by atoms with Crippen LogP contribution in [0.15, 0.2) is 12.3 Å². The van der Waals surface area contributed by atoms with E-state index in [0.717, 1.165) is 44.0 Å². The van der Waals surface area contributed by atoms with Gasteiger partial charge in [0, 0.05) is 32.4 Å². The SMILES string of the molecule is CCN(CC1CCCO1)c1cc(CNC)c(Cl)cn1. The van der Waals surface area contributed by atoms with Gasteiger partial charge in [0.15, 0.2) is 0 Å². The maximum atomic E-state index is 6.15. The topological polar surface area (TPSA) is 37.4 Å². The molecule has 1 aromatic heterocycles. The first-order chi connectivity index (χ1) is 9.24.